The Labute approximate surface area is 163 Å². The maximum Gasteiger partial charge on any atom is 0.258 e. The molecule has 2 aromatic rings. The van der Waals surface area contributed by atoms with Crippen molar-refractivity contribution in [2.75, 3.05) is 31.2 Å². The van der Waals surface area contributed by atoms with E-state index in [9.17, 15) is 4.79 Å². The highest BCUT2D eigenvalue weighted by Crippen LogP contribution is 2.41. The number of carbonyl (C=O) groups excluding carboxylic acids is 1. The smallest absolute Gasteiger partial charge is 0.258 e. The first kappa shape index (κ1) is 17.1. The standard InChI is InChI=1S/C20H24N4O2S/c1-12(14-3-4-14)24-11-15-9-16(17-10-21-13(2)27-17)22-19(18(15)20(24)25)23-5-7-26-8-6-23/h9-10,12,14H,3-8,11H2,1-2H3/t12-/m0/s1. The van der Waals surface area contributed by atoms with Crippen molar-refractivity contribution in [2.45, 2.75) is 39.3 Å². The van der Waals surface area contributed by atoms with Crippen LogP contribution in [0, 0.1) is 12.8 Å². The average Bonchev–Trinajstić information content (AvgIpc) is 3.37. The molecule has 1 saturated carbocycles. The molecule has 0 unspecified atom stereocenters. The lowest BCUT2D eigenvalue weighted by Crippen LogP contribution is -2.39. The second-order valence-electron chi connectivity index (χ2n) is 7.72. The Morgan fingerprint density at radius 2 is 2.07 bits per heavy atom. The second-order valence-corrected chi connectivity index (χ2v) is 8.95. The van der Waals surface area contributed by atoms with Crippen molar-refractivity contribution >= 4 is 23.1 Å². The second kappa shape index (κ2) is 6.56. The number of anilines is 1. The predicted molar refractivity (Wildman–Crippen MR) is 105 cm³/mol. The Hall–Kier alpha value is -1.99. The summed E-state index contributed by atoms with van der Waals surface area (Å²) in [5.74, 6) is 1.63. The van der Waals surface area contributed by atoms with E-state index in [-0.39, 0.29) is 5.91 Å². The molecule has 1 aliphatic carbocycles. The third-order valence-corrected chi connectivity index (χ3v) is 6.81. The lowest BCUT2D eigenvalue weighted by atomic mass is 10.1. The summed E-state index contributed by atoms with van der Waals surface area (Å²) in [5, 5.41) is 1.03. The van der Waals surface area contributed by atoms with Gasteiger partial charge in [0.15, 0.2) is 0 Å². The van der Waals surface area contributed by atoms with Crippen molar-refractivity contribution in [1.82, 2.24) is 14.9 Å². The van der Waals surface area contributed by atoms with Gasteiger partial charge in [-0.3, -0.25) is 4.79 Å². The third-order valence-electron chi connectivity index (χ3n) is 5.88. The minimum atomic E-state index is 0.144. The number of hydrogen-bond acceptors (Lipinski definition) is 6. The Morgan fingerprint density at radius 3 is 2.74 bits per heavy atom. The fourth-order valence-corrected chi connectivity index (χ4v) is 4.85. The van der Waals surface area contributed by atoms with Gasteiger partial charge in [0.2, 0.25) is 0 Å². The number of nitrogens with zero attached hydrogens (tertiary/aromatic N) is 4. The molecule has 3 aliphatic rings. The fraction of sp³-hybridized carbons (Fsp3) is 0.550. The average molecular weight is 385 g/mol. The molecule has 7 heteroatoms. The molecule has 0 aromatic carbocycles. The molecule has 0 spiro atoms. The van der Waals surface area contributed by atoms with Crippen molar-refractivity contribution in [3.05, 3.63) is 28.4 Å². The highest BCUT2D eigenvalue weighted by molar-refractivity contribution is 7.15. The number of carbonyl (C=O) groups is 1. The first-order chi connectivity index (χ1) is 13.1. The van der Waals surface area contributed by atoms with Crippen LogP contribution in [0.2, 0.25) is 0 Å². The molecule has 142 valence electrons. The summed E-state index contributed by atoms with van der Waals surface area (Å²) >= 11 is 1.65. The van der Waals surface area contributed by atoms with Crippen LogP contribution in [0.25, 0.3) is 10.6 Å². The molecule has 5 rings (SSSR count). The van der Waals surface area contributed by atoms with Crippen LogP contribution < -0.4 is 4.90 Å². The Kier molecular flexibility index (Phi) is 4.16. The number of ether oxygens (including phenoxy) is 1. The van der Waals surface area contributed by atoms with Gasteiger partial charge in [0, 0.05) is 31.9 Å². The number of thiazole rings is 1. The van der Waals surface area contributed by atoms with Gasteiger partial charge in [0.25, 0.3) is 5.91 Å². The van der Waals surface area contributed by atoms with Gasteiger partial charge in [-0.05, 0) is 44.2 Å². The molecule has 6 nitrogen and oxygen atoms in total. The molecule has 0 N–H and O–H groups in total. The molecule has 1 atom stereocenters. The van der Waals surface area contributed by atoms with Gasteiger partial charge in [-0.1, -0.05) is 0 Å². The Morgan fingerprint density at radius 1 is 1.30 bits per heavy atom. The van der Waals surface area contributed by atoms with Crippen LogP contribution in [0.4, 0.5) is 5.82 Å². The third kappa shape index (κ3) is 3.02. The molecule has 4 heterocycles. The monoisotopic (exact) mass is 384 g/mol. The first-order valence-corrected chi connectivity index (χ1v) is 10.5. The summed E-state index contributed by atoms with van der Waals surface area (Å²) in [6, 6.07) is 2.40. The molecule has 0 bridgehead atoms. The van der Waals surface area contributed by atoms with E-state index in [0.717, 1.165) is 45.6 Å². The zero-order chi connectivity index (χ0) is 18.5. The number of rotatable bonds is 4. The predicted octanol–water partition coefficient (Wildman–Crippen LogP) is 3.10. The largest absolute Gasteiger partial charge is 0.378 e. The van der Waals surface area contributed by atoms with E-state index >= 15 is 0 Å². The highest BCUT2D eigenvalue weighted by atomic mass is 32.1. The molecule has 2 fully saturated rings. The maximum atomic E-state index is 13.3. The summed E-state index contributed by atoms with van der Waals surface area (Å²) in [5.41, 5.74) is 2.83. The molecule has 1 saturated heterocycles. The Bertz CT molecular complexity index is 886. The number of aromatic nitrogens is 2. The summed E-state index contributed by atoms with van der Waals surface area (Å²) in [6.45, 7) is 7.79. The molecular formula is C20H24N4O2S. The highest BCUT2D eigenvalue weighted by Gasteiger charge is 2.41. The molecule has 1 amide bonds. The van der Waals surface area contributed by atoms with Crippen LogP contribution in [0.5, 0.6) is 0 Å². The lowest BCUT2D eigenvalue weighted by Gasteiger charge is -2.29. The van der Waals surface area contributed by atoms with E-state index in [1.54, 1.807) is 11.3 Å². The van der Waals surface area contributed by atoms with Crippen LogP contribution in [-0.4, -0.2) is 53.1 Å². The Balaban J connectivity index is 1.58. The molecule has 2 aromatic heterocycles. The number of hydrogen-bond donors (Lipinski definition) is 0. The van der Waals surface area contributed by atoms with E-state index in [4.69, 9.17) is 9.72 Å². The normalized spacial score (nSPS) is 20.9. The lowest BCUT2D eigenvalue weighted by molar-refractivity contribution is 0.0697. The van der Waals surface area contributed by atoms with Crippen LogP contribution in [0.1, 0.15) is 40.7 Å². The zero-order valence-corrected chi connectivity index (χ0v) is 16.6. The fourth-order valence-electron chi connectivity index (χ4n) is 4.11. The zero-order valence-electron chi connectivity index (χ0n) is 15.8. The van der Waals surface area contributed by atoms with Crippen molar-refractivity contribution in [3.8, 4) is 10.6 Å². The molecular weight excluding hydrogens is 360 g/mol. The van der Waals surface area contributed by atoms with Crippen molar-refractivity contribution in [1.29, 1.82) is 0 Å². The van der Waals surface area contributed by atoms with Crippen LogP contribution in [0.15, 0.2) is 12.3 Å². The topological polar surface area (TPSA) is 58.6 Å². The minimum Gasteiger partial charge on any atom is -0.378 e. The van der Waals surface area contributed by atoms with E-state index in [1.807, 2.05) is 13.1 Å². The van der Waals surface area contributed by atoms with Gasteiger partial charge >= 0.3 is 0 Å². The molecule has 27 heavy (non-hydrogen) atoms. The summed E-state index contributed by atoms with van der Waals surface area (Å²) in [4.78, 5) is 28.0. The number of pyridine rings is 1. The SMILES string of the molecule is Cc1ncc(-c2cc3c(c(N4CCOCC4)n2)C(=O)N([C@@H](C)C2CC2)C3)s1. The van der Waals surface area contributed by atoms with E-state index in [2.05, 4.69) is 27.8 Å². The molecule has 0 radical (unpaired) electrons. The number of aryl methyl sites for hydroxylation is 1. The van der Waals surface area contributed by atoms with E-state index < -0.39 is 0 Å². The number of fused-ring (bicyclic) bond motifs is 1. The summed E-state index contributed by atoms with van der Waals surface area (Å²) < 4.78 is 5.51. The number of morpholine rings is 1. The van der Waals surface area contributed by atoms with Crippen molar-refractivity contribution in [3.63, 3.8) is 0 Å². The van der Waals surface area contributed by atoms with Gasteiger partial charge in [0.1, 0.15) is 5.82 Å². The quantitative estimate of drug-likeness (QED) is 0.811. The van der Waals surface area contributed by atoms with E-state index in [1.165, 1.54) is 12.8 Å². The van der Waals surface area contributed by atoms with Crippen molar-refractivity contribution in [2.24, 2.45) is 5.92 Å². The summed E-state index contributed by atoms with van der Waals surface area (Å²) in [7, 11) is 0. The summed E-state index contributed by atoms with van der Waals surface area (Å²) in [6.07, 6.45) is 4.36. The minimum absolute atomic E-state index is 0.144. The van der Waals surface area contributed by atoms with Crippen LogP contribution in [-0.2, 0) is 11.3 Å². The van der Waals surface area contributed by atoms with Gasteiger partial charge in [-0.2, -0.15) is 0 Å². The van der Waals surface area contributed by atoms with Gasteiger partial charge in [0.05, 0.1) is 34.4 Å². The first-order valence-electron chi connectivity index (χ1n) is 9.72. The van der Waals surface area contributed by atoms with Crippen LogP contribution >= 0.6 is 11.3 Å². The van der Waals surface area contributed by atoms with Crippen LogP contribution in [0.3, 0.4) is 0 Å². The van der Waals surface area contributed by atoms with Gasteiger partial charge < -0.3 is 14.5 Å². The van der Waals surface area contributed by atoms with Gasteiger partial charge in [-0.15, -0.1) is 11.3 Å². The van der Waals surface area contributed by atoms with Gasteiger partial charge in [-0.25, -0.2) is 9.97 Å². The number of amides is 1. The molecule has 2 aliphatic heterocycles. The van der Waals surface area contributed by atoms with Crippen molar-refractivity contribution < 1.29 is 9.53 Å². The van der Waals surface area contributed by atoms with E-state index in [0.29, 0.717) is 31.7 Å². The maximum absolute atomic E-state index is 13.3.